The summed E-state index contributed by atoms with van der Waals surface area (Å²) in [5.74, 6) is 0.985. The van der Waals surface area contributed by atoms with Crippen LogP contribution in [0.4, 0.5) is 15.9 Å². The molecule has 0 amide bonds. The molecule has 0 atom stereocenters. The van der Waals surface area contributed by atoms with Crippen molar-refractivity contribution in [2.45, 2.75) is 0 Å². The minimum Gasteiger partial charge on any atom is -0.376 e. The molecule has 10 heteroatoms. The second-order valence-corrected chi connectivity index (χ2v) is 9.15. The number of fused-ring (bicyclic) bond motifs is 2. The molecule has 5 heterocycles. The van der Waals surface area contributed by atoms with Gasteiger partial charge in [-0.05, 0) is 31.3 Å². The van der Waals surface area contributed by atoms with Gasteiger partial charge < -0.3 is 19.7 Å². The minimum absolute atomic E-state index is 0.359. The molecule has 2 N–H and O–H groups in total. The molecule has 0 spiro atoms. The highest BCUT2D eigenvalue weighted by molar-refractivity contribution is 5.97. The molecule has 5 aromatic rings. The highest BCUT2D eigenvalue weighted by Gasteiger charge is 2.23. The van der Waals surface area contributed by atoms with E-state index in [0.29, 0.717) is 33.5 Å². The van der Waals surface area contributed by atoms with Crippen LogP contribution in [0.2, 0.25) is 0 Å². The summed E-state index contributed by atoms with van der Waals surface area (Å²) < 4.78 is 16.0. The van der Waals surface area contributed by atoms with E-state index in [1.54, 1.807) is 24.7 Å². The number of nitrogens with zero attached hydrogens (tertiary/aromatic N) is 7. The Morgan fingerprint density at radius 1 is 1.03 bits per heavy atom. The van der Waals surface area contributed by atoms with Gasteiger partial charge in [0.2, 0.25) is 0 Å². The average molecular weight is 472 g/mol. The Labute approximate surface area is 201 Å². The van der Waals surface area contributed by atoms with Crippen molar-refractivity contribution in [3.8, 4) is 22.6 Å². The molecule has 0 saturated carbocycles. The van der Waals surface area contributed by atoms with E-state index in [0.717, 1.165) is 48.7 Å². The molecule has 6 rings (SSSR count). The summed E-state index contributed by atoms with van der Waals surface area (Å²) in [6.07, 6.45) is 5.21. The molecule has 0 radical (unpaired) electrons. The predicted octanol–water partition coefficient (Wildman–Crippen LogP) is 3.52. The van der Waals surface area contributed by atoms with Crippen molar-refractivity contribution in [2.75, 3.05) is 57.1 Å². The predicted molar refractivity (Wildman–Crippen MR) is 136 cm³/mol. The Bertz CT molecular complexity index is 1530. The molecular formula is C25H26FN9. The van der Waals surface area contributed by atoms with Gasteiger partial charge in [-0.15, -0.1) is 0 Å². The van der Waals surface area contributed by atoms with Crippen molar-refractivity contribution in [1.29, 1.82) is 0 Å². The Hall–Kier alpha value is -4.05. The van der Waals surface area contributed by atoms with Crippen LogP contribution >= 0.6 is 0 Å². The Balaban J connectivity index is 1.46. The quantitative estimate of drug-likeness (QED) is 0.414. The normalized spacial score (nSPS) is 14.8. The van der Waals surface area contributed by atoms with Crippen molar-refractivity contribution < 1.29 is 4.39 Å². The number of halogens is 1. The van der Waals surface area contributed by atoms with Gasteiger partial charge in [-0.2, -0.15) is 5.10 Å². The second-order valence-electron chi connectivity index (χ2n) is 9.15. The first-order valence-corrected chi connectivity index (χ1v) is 11.6. The zero-order valence-corrected chi connectivity index (χ0v) is 19.9. The summed E-state index contributed by atoms with van der Waals surface area (Å²) in [5, 5.41) is 7.78. The number of rotatable bonds is 4. The lowest BCUT2D eigenvalue weighted by Crippen LogP contribution is -2.44. The number of pyridine rings is 2. The van der Waals surface area contributed by atoms with Gasteiger partial charge >= 0.3 is 0 Å². The third-order valence-corrected chi connectivity index (χ3v) is 6.63. The van der Waals surface area contributed by atoms with Crippen LogP contribution in [0.5, 0.6) is 0 Å². The molecule has 0 unspecified atom stereocenters. The fourth-order valence-corrected chi connectivity index (χ4v) is 4.57. The minimum atomic E-state index is -0.359. The number of imidazole rings is 1. The van der Waals surface area contributed by atoms with E-state index in [4.69, 9.17) is 4.98 Å². The largest absolute Gasteiger partial charge is 0.376 e. The monoisotopic (exact) mass is 471 g/mol. The molecule has 1 aliphatic heterocycles. The second kappa shape index (κ2) is 8.31. The van der Waals surface area contributed by atoms with Gasteiger partial charge in [0.25, 0.3) is 0 Å². The summed E-state index contributed by atoms with van der Waals surface area (Å²) >= 11 is 0. The van der Waals surface area contributed by atoms with Crippen molar-refractivity contribution in [3.05, 3.63) is 48.7 Å². The topological polar surface area (TPSA) is 92.9 Å². The molecular weight excluding hydrogens is 445 g/mol. The molecule has 178 valence electrons. The van der Waals surface area contributed by atoms with Gasteiger partial charge in [0, 0.05) is 63.8 Å². The third-order valence-electron chi connectivity index (χ3n) is 6.63. The lowest BCUT2D eigenvalue weighted by molar-refractivity contribution is 0.312. The number of anilines is 2. The van der Waals surface area contributed by atoms with E-state index in [1.165, 1.54) is 0 Å². The number of likely N-dealkylation sites (N-methyl/N-ethyl adjacent to an activating group) is 1. The molecule has 0 aliphatic carbocycles. The number of hydrogen-bond donors (Lipinski definition) is 2. The number of H-pyrrole nitrogens is 2. The fraction of sp³-hybridized carbons (Fsp3) is 0.280. The van der Waals surface area contributed by atoms with Crippen LogP contribution in [0.25, 0.3) is 44.6 Å². The highest BCUT2D eigenvalue weighted by Crippen LogP contribution is 2.35. The van der Waals surface area contributed by atoms with Gasteiger partial charge in [-0.25, -0.2) is 14.4 Å². The van der Waals surface area contributed by atoms with Crippen molar-refractivity contribution in [2.24, 2.45) is 0 Å². The van der Waals surface area contributed by atoms with Gasteiger partial charge in [0.05, 0.1) is 28.3 Å². The van der Waals surface area contributed by atoms with Crippen LogP contribution in [-0.4, -0.2) is 82.4 Å². The molecule has 1 aliphatic rings. The van der Waals surface area contributed by atoms with Gasteiger partial charge in [-0.3, -0.25) is 10.1 Å². The number of aromatic amines is 2. The van der Waals surface area contributed by atoms with Gasteiger partial charge in [-0.1, -0.05) is 0 Å². The van der Waals surface area contributed by atoms with Crippen LogP contribution in [0.1, 0.15) is 0 Å². The van der Waals surface area contributed by atoms with E-state index in [2.05, 4.69) is 42.0 Å². The van der Waals surface area contributed by atoms with Crippen LogP contribution in [0.15, 0.2) is 42.9 Å². The summed E-state index contributed by atoms with van der Waals surface area (Å²) in [4.78, 5) is 23.6. The first-order chi connectivity index (χ1) is 17.0. The zero-order chi connectivity index (χ0) is 24.1. The van der Waals surface area contributed by atoms with Crippen molar-refractivity contribution in [1.82, 2.24) is 35.0 Å². The van der Waals surface area contributed by atoms with Crippen LogP contribution in [-0.2, 0) is 0 Å². The van der Waals surface area contributed by atoms with E-state index < -0.39 is 0 Å². The molecule has 1 fully saturated rings. The van der Waals surface area contributed by atoms with Crippen LogP contribution in [0.3, 0.4) is 0 Å². The molecule has 4 aromatic heterocycles. The fourth-order valence-electron chi connectivity index (χ4n) is 4.57. The van der Waals surface area contributed by atoms with Crippen molar-refractivity contribution >= 4 is 33.4 Å². The molecule has 0 bridgehead atoms. The Kier molecular flexibility index (Phi) is 5.10. The number of benzene rings is 1. The first-order valence-electron chi connectivity index (χ1n) is 11.6. The molecule has 1 aromatic carbocycles. The summed E-state index contributed by atoms with van der Waals surface area (Å²) in [7, 11) is 5.99. The zero-order valence-electron chi connectivity index (χ0n) is 19.9. The smallest absolute Gasteiger partial charge is 0.159 e. The maximum absolute atomic E-state index is 16.0. The summed E-state index contributed by atoms with van der Waals surface area (Å²) in [6, 6.07) is 7.41. The molecule has 1 saturated heterocycles. The lowest BCUT2D eigenvalue weighted by atomic mass is 10.0. The van der Waals surface area contributed by atoms with Crippen molar-refractivity contribution in [3.63, 3.8) is 0 Å². The lowest BCUT2D eigenvalue weighted by Gasteiger charge is -2.33. The highest BCUT2D eigenvalue weighted by atomic mass is 19.1. The van der Waals surface area contributed by atoms with E-state index >= 15 is 4.39 Å². The third kappa shape index (κ3) is 3.66. The number of aromatic nitrogens is 6. The van der Waals surface area contributed by atoms with E-state index in [1.807, 2.05) is 37.2 Å². The SMILES string of the molecule is CN1CCN(c2nccc3[nH]c(-c4n[nH]c5ccc(-c6cncc(N(C)C)c6)c(F)c45)nc23)CC1. The standard InChI is InChI=1S/C25H26FN9/c1-33(2)16-12-15(13-27-14-16)17-4-5-18-20(21(17)26)23(32-31-18)24-29-19-6-7-28-25(22(19)30-24)35-10-8-34(3)9-11-35/h4-7,12-14H,8-11H2,1-3H3,(H,29,30)(H,31,32). The number of piperazine rings is 1. The Morgan fingerprint density at radius 2 is 1.86 bits per heavy atom. The maximum Gasteiger partial charge on any atom is 0.159 e. The molecule has 35 heavy (non-hydrogen) atoms. The van der Waals surface area contributed by atoms with E-state index in [-0.39, 0.29) is 5.82 Å². The average Bonchev–Trinajstić information content (AvgIpc) is 3.49. The first kappa shape index (κ1) is 21.5. The van der Waals surface area contributed by atoms with Gasteiger partial charge in [0.1, 0.15) is 17.0 Å². The van der Waals surface area contributed by atoms with Gasteiger partial charge in [0.15, 0.2) is 11.6 Å². The molecule has 9 nitrogen and oxygen atoms in total. The Morgan fingerprint density at radius 3 is 2.66 bits per heavy atom. The maximum atomic E-state index is 16.0. The number of hydrogen-bond acceptors (Lipinski definition) is 7. The van der Waals surface area contributed by atoms with Crippen LogP contribution < -0.4 is 9.80 Å². The summed E-state index contributed by atoms with van der Waals surface area (Å²) in [5.41, 5.74) is 4.73. The van der Waals surface area contributed by atoms with Crippen LogP contribution in [0, 0.1) is 5.82 Å². The summed E-state index contributed by atoms with van der Waals surface area (Å²) in [6.45, 7) is 3.71. The van der Waals surface area contributed by atoms with E-state index in [9.17, 15) is 0 Å². The number of nitrogens with one attached hydrogen (secondary N) is 2.